The van der Waals surface area contributed by atoms with Gasteiger partial charge in [0.1, 0.15) is 10.3 Å². The van der Waals surface area contributed by atoms with Gasteiger partial charge in [-0.05, 0) is 31.2 Å². The first-order chi connectivity index (χ1) is 16.0. The van der Waals surface area contributed by atoms with Gasteiger partial charge >= 0.3 is 0 Å². The third-order valence-electron chi connectivity index (χ3n) is 5.19. The zero-order valence-electron chi connectivity index (χ0n) is 17.5. The molecule has 12 heteroatoms. The molecule has 1 fully saturated rings. The van der Waals surface area contributed by atoms with E-state index in [0.29, 0.717) is 36.6 Å². The lowest BCUT2D eigenvalue weighted by molar-refractivity contribution is -0.387. The molecule has 0 aliphatic carbocycles. The number of nitrogens with zero attached hydrogens (tertiary/aromatic N) is 6. The van der Waals surface area contributed by atoms with Crippen LogP contribution in [-0.4, -0.2) is 56.9 Å². The lowest BCUT2D eigenvalue weighted by Gasteiger charge is -2.34. The van der Waals surface area contributed by atoms with Crippen molar-refractivity contribution in [2.24, 2.45) is 0 Å². The van der Waals surface area contributed by atoms with Gasteiger partial charge < -0.3 is 9.80 Å². The summed E-state index contributed by atoms with van der Waals surface area (Å²) in [6.07, 6.45) is 1.75. The fourth-order valence-corrected chi connectivity index (χ4v) is 6.37. The van der Waals surface area contributed by atoms with Crippen molar-refractivity contribution in [2.75, 3.05) is 31.1 Å². The largest absolute Gasteiger partial charge is 0.344 e. The van der Waals surface area contributed by atoms with E-state index in [1.165, 1.54) is 40.5 Å². The van der Waals surface area contributed by atoms with Crippen molar-refractivity contribution in [1.29, 1.82) is 0 Å². The fourth-order valence-electron chi connectivity index (χ4n) is 3.53. The number of amides is 1. The quantitative estimate of drug-likeness (QED) is 0.293. The molecule has 4 heterocycles. The van der Waals surface area contributed by atoms with E-state index in [1.807, 2.05) is 24.4 Å². The Morgan fingerprint density at radius 3 is 2.70 bits per heavy atom. The van der Waals surface area contributed by atoms with Crippen LogP contribution in [0.4, 0.5) is 10.8 Å². The molecule has 0 unspecified atom stereocenters. The number of thiazole rings is 2. The minimum Gasteiger partial charge on any atom is -0.344 e. The van der Waals surface area contributed by atoms with Crippen LogP contribution >= 0.6 is 34.4 Å². The molecule has 5 rings (SSSR count). The molecular weight excluding hydrogens is 480 g/mol. The number of anilines is 1. The van der Waals surface area contributed by atoms with Crippen LogP contribution in [-0.2, 0) is 0 Å². The first-order valence-electron chi connectivity index (χ1n) is 10.1. The fraction of sp³-hybridized carbons (Fsp3) is 0.238. The highest BCUT2D eigenvalue weighted by Crippen LogP contribution is 2.37. The topological polar surface area (TPSA) is 105 Å². The summed E-state index contributed by atoms with van der Waals surface area (Å²) < 4.78 is 0.732. The molecule has 0 N–H and O–H groups in total. The number of carbonyl (C=O) groups excluding carboxylic acids is 1. The molecule has 168 valence electrons. The van der Waals surface area contributed by atoms with Crippen LogP contribution in [0.25, 0.3) is 10.3 Å². The second-order valence-electron chi connectivity index (χ2n) is 7.40. The Morgan fingerprint density at radius 2 is 2.00 bits per heavy atom. The number of aryl methyl sites for hydroxylation is 1. The summed E-state index contributed by atoms with van der Waals surface area (Å²) in [4.78, 5) is 42.9. The molecule has 0 bridgehead atoms. The van der Waals surface area contributed by atoms with Crippen molar-refractivity contribution in [2.45, 2.75) is 16.2 Å². The van der Waals surface area contributed by atoms with Crippen molar-refractivity contribution in [3.63, 3.8) is 0 Å². The van der Waals surface area contributed by atoms with Crippen molar-refractivity contribution in [3.05, 3.63) is 63.3 Å². The molecule has 0 saturated carbocycles. The van der Waals surface area contributed by atoms with Crippen molar-refractivity contribution in [1.82, 2.24) is 19.9 Å². The van der Waals surface area contributed by atoms with Gasteiger partial charge in [-0.15, -0.1) is 11.3 Å². The van der Waals surface area contributed by atoms with E-state index in [4.69, 9.17) is 0 Å². The molecule has 1 aromatic carbocycles. The zero-order chi connectivity index (χ0) is 22.9. The first kappa shape index (κ1) is 21.7. The Morgan fingerprint density at radius 1 is 1.18 bits per heavy atom. The van der Waals surface area contributed by atoms with Crippen LogP contribution in [0, 0.1) is 17.0 Å². The number of benzene rings is 1. The predicted octanol–water partition coefficient (Wildman–Crippen LogP) is 4.48. The molecule has 1 saturated heterocycles. The number of nitro groups is 1. The van der Waals surface area contributed by atoms with Crippen LogP contribution in [0.5, 0.6) is 0 Å². The SMILES string of the molecule is Cc1csc(Sc2ccc(C(=O)N3CCN(c4nc5cccnc5s4)CC3)cc2[N+](=O)[O-])n1. The Kier molecular flexibility index (Phi) is 5.96. The molecule has 9 nitrogen and oxygen atoms in total. The molecule has 1 aliphatic heterocycles. The van der Waals surface area contributed by atoms with Crippen LogP contribution in [0.2, 0.25) is 0 Å². The average molecular weight is 499 g/mol. The van der Waals surface area contributed by atoms with Crippen molar-refractivity contribution < 1.29 is 9.72 Å². The molecule has 0 atom stereocenters. The van der Waals surface area contributed by atoms with Crippen LogP contribution < -0.4 is 4.90 Å². The highest BCUT2D eigenvalue weighted by molar-refractivity contribution is 8.01. The zero-order valence-corrected chi connectivity index (χ0v) is 20.0. The summed E-state index contributed by atoms with van der Waals surface area (Å²) in [5.74, 6) is -0.203. The summed E-state index contributed by atoms with van der Waals surface area (Å²) in [5, 5.41) is 14.5. The highest BCUT2D eigenvalue weighted by atomic mass is 32.2. The van der Waals surface area contributed by atoms with Gasteiger partial charge in [-0.1, -0.05) is 23.1 Å². The number of rotatable bonds is 5. The monoisotopic (exact) mass is 498 g/mol. The molecular formula is C21H18N6O3S3. The maximum Gasteiger partial charge on any atom is 0.284 e. The molecule has 3 aromatic heterocycles. The number of carbonyl (C=O) groups is 1. The number of pyridine rings is 1. The maximum atomic E-state index is 13.1. The first-order valence-corrected chi connectivity index (χ1v) is 12.6. The highest BCUT2D eigenvalue weighted by Gasteiger charge is 2.26. The molecule has 0 radical (unpaired) electrons. The summed E-state index contributed by atoms with van der Waals surface area (Å²) >= 11 is 4.22. The van der Waals surface area contributed by atoms with E-state index in [1.54, 1.807) is 23.2 Å². The number of hydrogen-bond acceptors (Lipinski definition) is 10. The van der Waals surface area contributed by atoms with Gasteiger partial charge in [0, 0.05) is 55.1 Å². The summed E-state index contributed by atoms with van der Waals surface area (Å²) in [7, 11) is 0. The van der Waals surface area contributed by atoms with Crippen LogP contribution in [0.3, 0.4) is 0 Å². The second-order valence-corrected chi connectivity index (χ2v) is 10.5. The van der Waals surface area contributed by atoms with Gasteiger partial charge in [-0.25, -0.2) is 15.0 Å². The molecule has 4 aromatic rings. The third-order valence-corrected chi connectivity index (χ3v) is 8.35. The van der Waals surface area contributed by atoms with Crippen molar-refractivity contribution in [3.8, 4) is 0 Å². The van der Waals surface area contributed by atoms with Gasteiger partial charge in [0.15, 0.2) is 9.47 Å². The van der Waals surface area contributed by atoms with E-state index in [9.17, 15) is 14.9 Å². The lowest BCUT2D eigenvalue weighted by Crippen LogP contribution is -2.48. The molecule has 1 aliphatic rings. The van der Waals surface area contributed by atoms with Gasteiger partial charge in [-0.2, -0.15) is 0 Å². The number of aromatic nitrogens is 3. The standard InChI is InChI=1S/C21H18N6O3S3/c1-13-12-31-21(23-13)32-17-5-4-14(11-16(17)27(29)30)19(28)25-7-9-26(10-8-25)20-24-15-3-2-6-22-18(15)33-20/h2-6,11-12H,7-10H2,1H3. The Balaban J connectivity index is 1.29. The Hall–Kier alpha value is -3.09. The smallest absolute Gasteiger partial charge is 0.284 e. The van der Waals surface area contributed by atoms with Crippen LogP contribution in [0.1, 0.15) is 16.1 Å². The average Bonchev–Trinajstić information content (AvgIpc) is 3.44. The van der Waals surface area contributed by atoms with E-state index in [0.717, 1.165) is 25.5 Å². The summed E-state index contributed by atoms with van der Waals surface area (Å²) in [5.41, 5.74) is 1.98. The van der Waals surface area contributed by atoms with Gasteiger partial charge in [0.05, 0.1) is 9.82 Å². The normalized spacial score (nSPS) is 14.1. The minimum absolute atomic E-state index is 0.0840. The lowest BCUT2D eigenvalue weighted by atomic mass is 10.1. The van der Waals surface area contributed by atoms with E-state index >= 15 is 0 Å². The van der Waals surface area contributed by atoms with E-state index in [-0.39, 0.29) is 11.6 Å². The van der Waals surface area contributed by atoms with E-state index < -0.39 is 4.92 Å². The number of fused-ring (bicyclic) bond motifs is 1. The third kappa shape index (κ3) is 4.54. The molecule has 0 spiro atoms. The Labute approximate surface area is 201 Å². The van der Waals surface area contributed by atoms with Gasteiger partial charge in [0.2, 0.25) is 0 Å². The molecule has 33 heavy (non-hydrogen) atoms. The molecule has 1 amide bonds. The van der Waals surface area contributed by atoms with E-state index in [2.05, 4.69) is 19.9 Å². The number of hydrogen-bond donors (Lipinski definition) is 0. The minimum atomic E-state index is -0.446. The number of nitro benzene ring substituents is 1. The van der Waals surface area contributed by atoms with Gasteiger partial charge in [-0.3, -0.25) is 14.9 Å². The van der Waals surface area contributed by atoms with Gasteiger partial charge in [0.25, 0.3) is 11.6 Å². The summed E-state index contributed by atoms with van der Waals surface area (Å²) in [6.45, 7) is 4.20. The maximum absolute atomic E-state index is 13.1. The van der Waals surface area contributed by atoms with Crippen molar-refractivity contribution >= 4 is 61.5 Å². The number of piperazine rings is 1. The Bertz CT molecular complexity index is 1310. The second kappa shape index (κ2) is 9.04. The predicted molar refractivity (Wildman–Crippen MR) is 130 cm³/mol. The van der Waals surface area contributed by atoms with Crippen LogP contribution in [0.15, 0.2) is 51.1 Å². The summed E-state index contributed by atoms with van der Waals surface area (Å²) in [6, 6.07) is 8.47.